The molecule has 1 aliphatic heterocycles. The highest BCUT2D eigenvalue weighted by Crippen LogP contribution is 2.44. The third kappa shape index (κ3) is 5.11. The summed E-state index contributed by atoms with van der Waals surface area (Å²) in [6.07, 6.45) is 3.08. The molecular formula is C31H29Cl2NO6. The van der Waals surface area contributed by atoms with Crippen LogP contribution in [-0.2, 0) is 0 Å². The Morgan fingerprint density at radius 1 is 0.900 bits per heavy atom. The first-order valence-electron chi connectivity index (χ1n) is 13.2. The summed E-state index contributed by atoms with van der Waals surface area (Å²) in [5.41, 5.74) is 1.28. The fourth-order valence-corrected chi connectivity index (χ4v) is 5.37. The van der Waals surface area contributed by atoms with Crippen LogP contribution in [0.3, 0.4) is 0 Å². The Morgan fingerprint density at radius 3 is 2.42 bits per heavy atom. The number of fused-ring (bicyclic) bond motifs is 2. The SMILES string of the molecule is CCCCCOc1ccc(C2c3c(oc4ccc(Cl)cc4c3=O)C(=O)N2c2ccc(OC)c(Cl)c2)cc1OCC. The highest BCUT2D eigenvalue weighted by atomic mass is 35.5. The van der Waals surface area contributed by atoms with E-state index in [4.69, 9.17) is 41.8 Å². The summed E-state index contributed by atoms with van der Waals surface area (Å²) in [5, 5.41) is 1.01. The molecule has 208 valence electrons. The Bertz CT molecular complexity index is 1630. The molecule has 4 aromatic rings. The molecule has 1 aromatic heterocycles. The molecule has 1 amide bonds. The van der Waals surface area contributed by atoms with Crippen LogP contribution >= 0.6 is 23.2 Å². The van der Waals surface area contributed by atoms with E-state index in [2.05, 4.69) is 6.92 Å². The zero-order chi connectivity index (χ0) is 28.4. The zero-order valence-corrected chi connectivity index (χ0v) is 24.0. The monoisotopic (exact) mass is 581 g/mol. The molecule has 2 heterocycles. The van der Waals surface area contributed by atoms with E-state index < -0.39 is 11.9 Å². The van der Waals surface area contributed by atoms with Gasteiger partial charge >= 0.3 is 0 Å². The van der Waals surface area contributed by atoms with Crippen molar-refractivity contribution in [3.63, 3.8) is 0 Å². The first-order chi connectivity index (χ1) is 19.4. The molecule has 0 fully saturated rings. The highest BCUT2D eigenvalue weighted by Gasteiger charge is 2.44. The van der Waals surface area contributed by atoms with Gasteiger partial charge in [0.1, 0.15) is 11.3 Å². The van der Waals surface area contributed by atoms with Crippen LogP contribution in [0.5, 0.6) is 17.2 Å². The van der Waals surface area contributed by atoms with Gasteiger partial charge < -0.3 is 18.6 Å². The van der Waals surface area contributed by atoms with E-state index in [9.17, 15) is 9.59 Å². The number of unbranched alkanes of at least 4 members (excludes halogenated alkanes) is 2. The lowest BCUT2D eigenvalue weighted by atomic mass is 9.97. The maximum atomic E-state index is 13.9. The Kier molecular flexibility index (Phi) is 8.24. The molecule has 1 aliphatic rings. The lowest BCUT2D eigenvalue weighted by Crippen LogP contribution is -2.29. The van der Waals surface area contributed by atoms with Crippen molar-refractivity contribution in [2.75, 3.05) is 25.2 Å². The van der Waals surface area contributed by atoms with Crippen molar-refractivity contribution in [1.82, 2.24) is 0 Å². The van der Waals surface area contributed by atoms with Gasteiger partial charge in [0.15, 0.2) is 16.9 Å². The van der Waals surface area contributed by atoms with E-state index >= 15 is 0 Å². The second-order valence-electron chi connectivity index (χ2n) is 9.41. The van der Waals surface area contributed by atoms with Gasteiger partial charge in [-0.1, -0.05) is 49.0 Å². The van der Waals surface area contributed by atoms with Crippen molar-refractivity contribution in [2.24, 2.45) is 0 Å². The summed E-state index contributed by atoms with van der Waals surface area (Å²) >= 11 is 12.7. The van der Waals surface area contributed by atoms with E-state index in [0.717, 1.165) is 19.3 Å². The first-order valence-corrected chi connectivity index (χ1v) is 14.0. The van der Waals surface area contributed by atoms with Crippen LogP contribution < -0.4 is 24.5 Å². The molecule has 40 heavy (non-hydrogen) atoms. The molecule has 9 heteroatoms. The number of hydrogen-bond acceptors (Lipinski definition) is 6. The summed E-state index contributed by atoms with van der Waals surface area (Å²) in [6.45, 7) is 5.00. The standard InChI is InChI=1S/C31H29Cl2NO6/c1-4-6-7-14-39-25-11-8-18(15-26(25)38-5-2)28-27-29(35)21-16-19(32)9-12-23(21)40-30(27)31(36)34(28)20-10-13-24(37-3)22(33)17-20/h8-13,15-17,28H,4-7,14H2,1-3H3. The highest BCUT2D eigenvalue weighted by molar-refractivity contribution is 6.32. The summed E-state index contributed by atoms with van der Waals surface area (Å²) < 4.78 is 23.3. The number of carbonyl (C=O) groups excluding carboxylic acids is 1. The van der Waals surface area contributed by atoms with Crippen LogP contribution in [0, 0.1) is 0 Å². The van der Waals surface area contributed by atoms with Gasteiger partial charge in [0.25, 0.3) is 5.91 Å². The van der Waals surface area contributed by atoms with Crippen LogP contribution in [0.25, 0.3) is 11.0 Å². The van der Waals surface area contributed by atoms with E-state index in [1.807, 2.05) is 25.1 Å². The smallest absolute Gasteiger partial charge is 0.295 e. The second-order valence-corrected chi connectivity index (χ2v) is 10.2. The number of rotatable bonds is 10. The number of ether oxygens (including phenoxy) is 3. The molecule has 0 saturated carbocycles. The minimum absolute atomic E-state index is 0.0328. The van der Waals surface area contributed by atoms with Crippen molar-refractivity contribution >= 4 is 45.8 Å². The van der Waals surface area contributed by atoms with Crippen LogP contribution in [0.1, 0.15) is 60.8 Å². The molecule has 0 aliphatic carbocycles. The topological polar surface area (TPSA) is 78.2 Å². The predicted molar refractivity (Wildman–Crippen MR) is 157 cm³/mol. The average molecular weight is 582 g/mol. The summed E-state index contributed by atoms with van der Waals surface area (Å²) in [5.74, 6) is 1.09. The van der Waals surface area contributed by atoms with E-state index in [0.29, 0.717) is 57.1 Å². The fraction of sp³-hybridized carbons (Fsp3) is 0.290. The summed E-state index contributed by atoms with van der Waals surface area (Å²) in [4.78, 5) is 29.4. The Morgan fingerprint density at radius 2 is 1.70 bits per heavy atom. The zero-order valence-electron chi connectivity index (χ0n) is 22.5. The largest absolute Gasteiger partial charge is 0.495 e. The molecule has 0 spiro atoms. The van der Waals surface area contributed by atoms with Crippen LogP contribution in [0.15, 0.2) is 63.8 Å². The number of anilines is 1. The van der Waals surface area contributed by atoms with Gasteiger partial charge in [0.2, 0.25) is 5.76 Å². The maximum Gasteiger partial charge on any atom is 0.295 e. The van der Waals surface area contributed by atoms with Crippen molar-refractivity contribution in [1.29, 1.82) is 0 Å². The van der Waals surface area contributed by atoms with Gasteiger partial charge in [-0.2, -0.15) is 0 Å². The van der Waals surface area contributed by atoms with Crippen molar-refractivity contribution in [3.05, 3.63) is 91.8 Å². The molecule has 3 aromatic carbocycles. The Balaban J connectivity index is 1.69. The average Bonchev–Trinajstić information content (AvgIpc) is 3.24. The predicted octanol–water partition coefficient (Wildman–Crippen LogP) is 7.83. The van der Waals surface area contributed by atoms with Gasteiger partial charge in [0.05, 0.1) is 42.3 Å². The number of benzene rings is 3. The molecule has 0 bridgehead atoms. The second kappa shape index (κ2) is 11.8. The minimum Gasteiger partial charge on any atom is -0.495 e. The van der Waals surface area contributed by atoms with Crippen molar-refractivity contribution < 1.29 is 23.4 Å². The molecule has 1 unspecified atom stereocenters. The molecule has 5 rings (SSSR count). The van der Waals surface area contributed by atoms with E-state index in [-0.39, 0.29) is 22.3 Å². The molecule has 7 nitrogen and oxygen atoms in total. The van der Waals surface area contributed by atoms with E-state index in [1.165, 1.54) is 12.0 Å². The Labute approximate surface area is 242 Å². The van der Waals surface area contributed by atoms with Crippen molar-refractivity contribution in [2.45, 2.75) is 39.2 Å². The van der Waals surface area contributed by atoms with Gasteiger partial charge in [-0.15, -0.1) is 0 Å². The summed E-state index contributed by atoms with van der Waals surface area (Å²) in [7, 11) is 1.51. The summed E-state index contributed by atoms with van der Waals surface area (Å²) in [6, 6.07) is 14.4. The molecule has 1 atom stereocenters. The number of carbonyl (C=O) groups is 1. The maximum absolute atomic E-state index is 13.9. The Hall–Kier alpha value is -3.68. The van der Waals surface area contributed by atoms with Gasteiger partial charge in [-0.25, -0.2) is 0 Å². The molecule has 0 radical (unpaired) electrons. The molecule has 0 saturated heterocycles. The number of methoxy groups -OCH3 is 1. The quantitative estimate of drug-likeness (QED) is 0.178. The molecular weight excluding hydrogens is 553 g/mol. The van der Waals surface area contributed by atoms with Gasteiger partial charge in [0, 0.05) is 10.7 Å². The van der Waals surface area contributed by atoms with Gasteiger partial charge in [-0.05, 0) is 67.4 Å². The van der Waals surface area contributed by atoms with Crippen LogP contribution in [-0.4, -0.2) is 26.2 Å². The van der Waals surface area contributed by atoms with Crippen molar-refractivity contribution in [3.8, 4) is 17.2 Å². The lowest BCUT2D eigenvalue weighted by molar-refractivity contribution is 0.0971. The van der Waals surface area contributed by atoms with Crippen LogP contribution in [0.2, 0.25) is 10.0 Å². The lowest BCUT2D eigenvalue weighted by Gasteiger charge is -2.26. The van der Waals surface area contributed by atoms with E-state index in [1.54, 1.807) is 36.4 Å². The van der Waals surface area contributed by atoms with Crippen LogP contribution in [0.4, 0.5) is 5.69 Å². The normalized spacial score (nSPS) is 14.5. The number of halogens is 2. The first kappa shape index (κ1) is 27.9. The molecule has 0 N–H and O–H groups in total. The number of hydrogen-bond donors (Lipinski definition) is 0. The minimum atomic E-state index is -0.819. The van der Waals surface area contributed by atoms with Gasteiger partial charge in [-0.3, -0.25) is 14.5 Å². The third-order valence-electron chi connectivity index (χ3n) is 6.83. The number of amides is 1. The fourth-order valence-electron chi connectivity index (χ4n) is 4.95. The third-order valence-corrected chi connectivity index (χ3v) is 7.37. The number of nitrogens with zero attached hydrogens (tertiary/aromatic N) is 1.